The topological polar surface area (TPSA) is 47.9 Å². The predicted molar refractivity (Wildman–Crippen MR) is 130 cm³/mol. The van der Waals surface area contributed by atoms with Gasteiger partial charge in [-0.2, -0.15) is 0 Å². The van der Waals surface area contributed by atoms with Crippen LogP contribution in [0.5, 0.6) is 5.75 Å². The van der Waals surface area contributed by atoms with Crippen molar-refractivity contribution in [1.82, 2.24) is 0 Å². The minimum Gasteiger partial charge on any atom is -0.487 e. The SMILES string of the molecule is O=C1OC(c2ccc(Cl)cc2Cl)=N/C1=C\c1cc(Br)c(OCc2cccc(F)c2)c(Br)c1. The van der Waals surface area contributed by atoms with Gasteiger partial charge in [-0.05, 0) is 91.5 Å². The van der Waals surface area contributed by atoms with Crippen molar-refractivity contribution >= 4 is 73.0 Å². The van der Waals surface area contributed by atoms with Gasteiger partial charge in [0.05, 0.1) is 19.5 Å². The summed E-state index contributed by atoms with van der Waals surface area (Å²) in [5.74, 6) is -0.266. The molecule has 0 amide bonds. The van der Waals surface area contributed by atoms with Crippen molar-refractivity contribution in [3.05, 3.63) is 102 Å². The summed E-state index contributed by atoms with van der Waals surface area (Å²) in [6.45, 7) is 0.192. The Morgan fingerprint density at radius 3 is 2.50 bits per heavy atom. The van der Waals surface area contributed by atoms with Crippen molar-refractivity contribution in [2.75, 3.05) is 0 Å². The molecule has 162 valence electrons. The molecular weight excluding hydrogens is 588 g/mol. The van der Waals surface area contributed by atoms with Gasteiger partial charge < -0.3 is 9.47 Å². The average molecular weight is 600 g/mol. The van der Waals surface area contributed by atoms with E-state index in [1.54, 1.807) is 48.5 Å². The smallest absolute Gasteiger partial charge is 0.363 e. The molecule has 0 spiro atoms. The molecule has 0 saturated heterocycles. The molecule has 0 bridgehead atoms. The van der Waals surface area contributed by atoms with Crippen LogP contribution < -0.4 is 4.74 Å². The summed E-state index contributed by atoms with van der Waals surface area (Å²) >= 11 is 19.0. The Kier molecular flexibility index (Phi) is 7.00. The summed E-state index contributed by atoms with van der Waals surface area (Å²) in [6.07, 6.45) is 1.59. The lowest BCUT2D eigenvalue weighted by Gasteiger charge is -2.11. The molecule has 4 nitrogen and oxygen atoms in total. The van der Waals surface area contributed by atoms with Crippen molar-refractivity contribution in [3.8, 4) is 5.75 Å². The number of esters is 1. The zero-order valence-electron chi connectivity index (χ0n) is 16.0. The minimum atomic E-state index is -0.593. The van der Waals surface area contributed by atoms with E-state index in [2.05, 4.69) is 36.9 Å². The number of carbonyl (C=O) groups excluding carboxylic acids is 1. The van der Waals surface area contributed by atoms with E-state index >= 15 is 0 Å². The molecule has 1 aliphatic heterocycles. The third-order valence-corrected chi connectivity index (χ3v) is 6.10. The second-order valence-electron chi connectivity index (χ2n) is 6.69. The molecule has 1 heterocycles. The fourth-order valence-electron chi connectivity index (χ4n) is 2.93. The van der Waals surface area contributed by atoms with Gasteiger partial charge in [-0.25, -0.2) is 14.2 Å². The number of rotatable bonds is 5. The van der Waals surface area contributed by atoms with E-state index in [9.17, 15) is 9.18 Å². The standard InChI is InChI=1S/C23H12Br2Cl2FNO3/c24-17-7-13(8-18(25)21(17)31-11-12-2-1-3-15(28)6-12)9-20-23(30)32-22(29-20)16-5-4-14(26)10-19(16)27/h1-10H,11H2/b20-9-. The molecule has 0 saturated carbocycles. The molecule has 0 atom stereocenters. The first-order valence-corrected chi connectivity index (χ1v) is 11.5. The van der Waals surface area contributed by atoms with E-state index in [-0.39, 0.29) is 24.0 Å². The number of hydrogen-bond donors (Lipinski definition) is 0. The molecule has 4 rings (SSSR count). The monoisotopic (exact) mass is 597 g/mol. The first-order valence-electron chi connectivity index (χ1n) is 9.14. The summed E-state index contributed by atoms with van der Waals surface area (Å²) in [5.41, 5.74) is 1.97. The van der Waals surface area contributed by atoms with Gasteiger partial charge >= 0.3 is 5.97 Å². The number of ether oxygens (including phenoxy) is 2. The number of aliphatic imine (C=N–C) groups is 1. The van der Waals surface area contributed by atoms with Gasteiger partial charge in [0, 0.05) is 5.02 Å². The quantitative estimate of drug-likeness (QED) is 0.224. The number of benzene rings is 3. The normalized spacial score (nSPS) is 14.5. The summed E-state index contributed by atoms with van der Waals surface area (Å²) in [6, 6.07) is 14.6. The number of halogens is 5. The largest absolute Gasteiger partial charge is 0.487 e. The first kappa shape index (κ1) is 23.0. The molecule has 3 aromatic carbocycles. The maximum Gasteiger partial charge on any atom is 0.363 e. The minimum absolute atomic E-state index is 0.107. The molecule has 0 unspecified atom stereocenters. The summed E-state index contributed by atoms with van der Waals surface area (Å²) < 4.78 is 25.8. The highest BCUT2D eigenvalue weighted by molar-refractivity contribution is 9.11. The van der Waals surface area contributed by atoms with E-state index in [1.807, 2.05) is 0 Å². The van der Waals surface area contributed by atoms with Crippen molar-refractivity contribution in [2.24, 2.45) is 4.99 Å². The van der Waals surface area contributed by atoms with Crippen molar-refractivity contribution in [2.45, 2.75) is 6.61 Å². The van der Waals surface area contributed by atoms with Crippen LogP contribution in [0.3, 0.4) is 0 Å². The van der Waals surface area contributed by atoms with E-state index in [4.69, 9.17) is 32.7 Å². The Morgan fingerprint density at radius 1 is 1.06 bits per heavy atom. The van der Waals surface area contributed by atoms with Crippen LogP contribution in [0.2, 0.25) is 10.0 Å². The third-order valence-electron chi connectivity index (χ3n) is 4.38. The van der Waals surface area contributed by atoms with Gasteiger partial charge in [-0.15, -0.1) is 0 Å². The summed E-state index contributed by atoms with van der Waals surface area (Å²) in [5, 5.41) is 0.796. The molecule has 0 fully saturated rings. The van der Waals surface area contributed by atoms with Crippen LogP contribution in [0.15, 0.2) is 74.2 Å². The molecule has 3 aromatic rings. The van der Waals surface area contributed by atoms with Gasteiger partial charge in [0.25, 0.3) is 0 Å². The highest BCUT2D eigenvalue weighted by Gasteiger charge is 2.26. The van der Waals surface area contributed by atoms with Crippen molar-refractivity contribution in [1.29, 1.82) is 0 Å². The van der Waals surface area contributed by atoms with Crippen LogP contribution in [-0.4, -0.2) is 11.9 Å². The van der Waals surface area contributed by atoms with Gasteiger partial charge in [-0.1, -0.05) is 35.3 Å². The Bertz CT molecular complexity index is 1270. The molecule has 0 aromatic heterocycles. The van der Waals surface area contributed by atoms with Gasteiger partial charge in [0.15, 0.2) is 5.70 Å². The van der Waals surface area contributed by atoms with E-state index < -0.39 is 5.97 Å². The van der Waals surface area contributed by atoms with Crippen LogP contribution in [-0.2, 0) is 16.1 Å². The highest BCUT2D eigenvalue weighted by Crippen LogP contribution is 2.36. The second-order valence-corrected chi connectivity index (χ2v) is 9.24. The van der Waals surface area contributed by atoms with E-state index in [1.165, 1.54) is 12.1 Å². The van der Waals surface area contributed by atoms with Crippen LogP contribution in [0.25, 0.3) is 6.08 Å². The number of carbonyl (C=O) groups is 1. The lowest BCUT2D eigenvalue weighted by molar-refractivity contribution is -0.129. The molecule has 9 heteroatoms. The molecule has 1 aliphatic rings. The van der Waals surface area contributed by atoms with Crippen LogP contribution in [0.1, 0.15) is 16.7 Å². The first-order chi connectivity index (χ1) is 15.3. The second kappa shape index (κ2) is 9.75. The highest BCUT2D eigenvalue weighted by atomic mass is 79.9. The molecule has 0 radical (unpaired) electrons. The maximum atomic E-state index is 13.4. The van der Waals surface area contributed by atoms with Gasteiger partial charge in [0.2, 0.25) is 5.90 Å². The van der Waals surface area contributed by atoms with Crippen molar-refractivity contribution in [3.63, 3.8) is 0 Å². The van der Waals surface area contributed by atoms with E-state index in [0.29, 0.717) is 41.4 Å². The lowest BCUT2D eigenvalue weighted by atomic mass is 10.2. The summed E-state index contributed by atoms with van der Waals surface area (Å²) in [4.78, 5) is 16.6. The number of nitrogens with zero attached hydrogens (tertiary/aromatic N) is 1. The molecule has 0 N–H and O–H groups in total. The van der Waals surface area contributed by atoms with Gasteiger partial charge in [-0.3, -0.25) is 0 Å². The van der Waals surface area contributed by atoms with E-state index in [0.717, 1.165) is 0 Å². The predicted octanol–water partition coefficient (Wildman–Crippen LogP) is 7.58. The van der Waals surface area contributed by atoms with Crippen LogP contribution in [0, 0.1) is 5.82 Å². The zero-order chi connectivity index (χ0) is 22.8. The third kappa shape index (κ3) is 5.23. The average Bonchev–Trinajstić information content (AvgIpc) is 3.07. The molecular formula is C23H12Br2Cl2FNO3. The maximum absolute atomic E-state index is 13.4. The number of hydrogen-bond acceptors (Lipinski definition) is 4. The van der Waals surface area contributed by atoms with Gasteiger partial charge in [0.1, 0.15) is 18.2 Å². The fraction of sp³-hybridized carbons (Fsp3) is 0.0435. The van der Waals surface area contributed by atoms with Crippen molar-refractivity contribution < 1.29 is 18.7 Å². The Hall–Kier alpha value is -2.19. The number of cyclic esters (lactones) is 1. The fourth-order valence-corrected chi connectivity index (χ4v) is 4.87. The van der Waals surface area contributed by atoms with Crippen LogP contribution >= 0.6 is 55.1 Å². The Labute approximate surface area is 209 Å². The zero-order valence-corrected chi connectivity index (χ0v) is 20.7. The molecule has 0 aliphatic carbocycles. The lowest BCUT2D eigenvalue weighted by Crippen LogP contribution is -2.05. The Balaban J connectivity index is 1.57. The summed E-state index contributed by atoms with van der Waals surface area (Å²) in [7, 11) is 0. The molecule has 32 heavy (non-hydrogen) atoms. The van der Waals surface area contributed by atoms with Crippen LogP contribution in [0.4, 0.5) is 4.39 Å². The Morgan fingerprint density at radius 2 is 1.81 bits per heavy atom.